The van der Waals surface area contributed by atoms with E-state index < -0.39 is 5.82 Å². The Labute approximate surface area is 170 Å². The third kappa shape index (κ3) is 4.23. The van der Waals surface area contributed by atoms with E-state index in [0.717, 1.165) is 25.8 Å². The van der Waals surface area contributed by atoms with Crippen LogP contribution >= 0.6 is 0 Å². The zero-order valence-corrected chi connectivity index (χ0v) is 16.9. The van der Waals surface area contributed by atoms with Crippen molar-refractivity contribution in [2.45, 2.75) is 25.3 Å². The van der Waals surface area contributed by atoms with Crippen LogP contribution in [-0.2, 0) is 9.53 Å². The molecule has 1 spiro atoms. The minimum atomic E-state index is -0.434. The second kappa shape index (κ2) is 8.28. The monoisotopic (exact) mass is 404 g/mol. The molecule has 1 atom stereocenters. The molecule has 3 heterocycles. The summed E-state index contributed by atoms with van der Waals surface area (Å²) < 4.78 is 19.1. The van der Waals surface area contributed by atoms with Gasteiger partial charge in [0, 0.05) is 32.7 Å². The number of likely N-dealkylation sites (N-methyl/N-ethyl adjacent to an activating group) is 1. The molecule has 1 aromatic carbocycles. The Balaban J connectivity index is 1.33. The van der Waals surface area contributed by atoms with Gasteiger partial charge in [-0.25, -0.2) is 9.18 Å². The van der Waals surface area contributed by atoms with Crippen LogP contribution in [0.1, 0.15) is 19.3 Å². The molecule has 7 nitrogen and oxygen atoms in total. The van der Waals surface area contributed by atoms with Crippen LogP contribution in [0.5, 0.6) is 0 Å². The number of nitrogens with one attached hydrogen (secondary N) is 1. The van der Waals surface area contributed by atoms with E-state index in [9.17, 15) is 14.0 Å². The van der Waals surface area contributed by atoms with Gasteiger partial charge in [-0.15, -0.1) is 0 Å². The highest BCUT2D eigenvalue weighted by Crippen LogP contribution is 2.43. The van der Waals surface area contributed by atoms with Gasteiger partial charge in [-0.05, 0) is 43.9 Å². The topological polar surface area (TPSA) is 65.1 Å². The number of nitrogens with zero attached hydrogens (tertiary/aromatic N) is 3. The number of benzene rings is 1. The Bertz CT molecular complexity index is 760. The Morgan fingerprint density at radius 1 is 1.10 bits per heavy atom. The normalized spacial score (nSPS) is 24.7. The van der Waals surface area contributed by atoms with Gasteiger partial charge in [0.2, 0.25) is 5.91 Å². The summed E-state index contributed by atoms with van der Waals surface area (Å²) in [7, 11) is 2.02. The molecular formula is C21H29FN4O3. The van der Waals surface area contributed by atoms with Crippen molar-refractivity contribution in [2.24, 2.45) is 5.41 Å². The lowest BCUT2D eigenvalue weighted by Crippen LogP contribution is -2.48. The fraction of sp³-hybridized carbons (Fsp3) is 0.619. The van der Waals surface area contributed by atoms with Crippen LogP contribution in [0, 0.1) is 11.2 Å². The number of para-hydroxylation sites is 1. The fourth-order valence-electron chi connectivity index (χ4n) is 4.84. The van der Waals surface area contributed by atoms with E-state index in [-0.39, 0.29) is 29.1 Å². The highest BCUT2D eigenvalue weighted by Gasteiger charge is 2.48. The van der Waals surface area contributed by atoms with E-state index in [4.69, 9.17) is 4.74 Å². The van der Waals surface area contributed by atoms with Crippen molar-refractivity contribution in [2.75, 3.05) is 58.3 Å². The molecule has 8 heteroatoms. The zero-order valence-electron chi connectivity index (χ0n) is 16.9. The van der Waals surface area contributed by atoms with Gasteiger partial charge in [-0.1, -0.05) is 12.1 Å². The van der Waals surface area contributed by atoms with E-state index in [1.807, 2.05) is 11.9 Å². The van der Waals surface area contributed by atoms with Crippen molar-refractivity contribution < 1.29 is 18.7 Å². The van der Waals surface area contributed by atoms with Crippen LogP contribution in [0.15, 0.2) is 24.3 Å². The standard InChI is InChI=1S/C21H29FN4O3/c1-24-15-21(14-18(24)19(27)25-10-12-29-13-11-25)6-8-26(9-7-21)20(28)23-17-5-3-2-4-16(17)22/h2-5,18H,6-15H2,1H3,(H,23,28). The minimum Gasteiger partial charge on any atom is -0.378 e. The van der Waals surface area contributed by atoms with Gasteiger partial charge >= 0.3 is 6.03 Å². The van der Waals surface area contributed by atoms with E-state index in [1.54, 1.807) is 23.1 Å². The molecule has 0 aromatic heterocycles. The van der Waals surface area contributed by atoms with Crippen molar-refractivity contribution in [3.05, 3.63) is 30.1 Å². The van der Waals surface area contributed by atoms with E-state index in [2.05, 4.69) is 10.2 Å². The predicted molar refractivity (Wildman–Crippen MR) is 107 cm³/mol. The molecule has 3 fully saturated rings. The Morgan fingerprint density at radius 3 is 2.48 bits per heavy atom. The number of urea groups is 1. The van der Waals surface area contributed by atoms with Gasteiger partial charge in [0.1, 0.15) is 5.82 Å². The first-order valence-corrected chi connectivity index (χ1v) is 10.3. The number of carbonyl (C=O) groups is 2. The summed E-state index contributed by atoms with van der Waals surface area (Å²) in [5.74, 6) is -0.233. The molecule has 29 heavy (non-hydrogen) atoms. The maximum atomic E-state index is 13.8. The molecule has 0 bridgehead atoms. The minimum absolute atomic E-state index is 0.0656. The van der Waals surface area contributed by atoms with Crippen LogP contribution in [0.25, 0.3) is 0 Å². The number of hydrogen-bond acceptors (Lipinski definition) is 4. The SMILES string of the molecule is CN1CC2(CCN(C(=O)Nc3ccccc3F)CC2)CC1C(=O)N1CCOCC1. The van der Waals surface area contributed by atoms with Gasteiger partial charge in [0.15, 0.2) is 0 Å². The molecule has 0 aliphatic carbocycles. The van der Waals surface area contributed by atoms with Gasteiger partial charge in [0.05, 0.1) is 24.9 Å². The van der Waals surface area contributed by atoms with Gasteiger partial charge < -0.3 is 19.9 Å². The largest absolute Gasteiger partial charge is 0.378 e. The van der Waals surface area contributed by atoms with Gasteiger partial charge in [-0.2, -0.15) is 0 Å². The second-order valence-electron chi connectivity index (χ2n) is 8.47. The number of rotatable bonds is 2. The first-order chi connectivity index (χ1) is 14.0. The number of morpholine rings is 1. The molecule has 3 amide bonds. The summed E-state index contributed by atoms with van der Waals surface area (Å²) >= 11 is 0. The molecule has 0 saturated carbocycles. The van der Waals surface area contributed by atoms with E-state index in [0.29, 0.717) is 39.4 Å². The van der Waals surface area contributed by atoms with Crippen molar-refractivity contribution in [1.82, 2.24) is 14.7 Å². The summed E-state index contributed by atoms with van der Waals surface area (Å²) in [6, 6.07) is 5.84. The number of anilines is 1. The summed E-state index contributed by atoms with van der Waals surface area (Å²) in [6.07, 6.45) is 2.55. The lowest BCUT2D eigenvalue weighted by Gasteiger charge is -2.39. The average molecular weight is 404 g/mol. The first kappa shape index (κ1) is 20.1. The molecule has 1 N–H and O–H groups in total. The third-order valence-corrected chi connectivity index (χ3v) is 6.58. The van der Waals surface area contributed by atoms with Crippen molar-refractivity contribution in [3.63, 3.8) is 0 Å². The second-order valence-corrected chi connectivity index (χ2v) is 8.47. The fourth-order valence-corrected chi connectivity index (χ4v) is 4.84. The number of hydrogen-bond donors (Lipinski definition) is 1. The van der Waals surface area contributed by atoms with Crippen LogP contribution in [0.4, 0.5) is 14.9 Å². The number of carbonyl (C=O) groups excluding carboxylic acids is 2. The van der Waals surface area contributed by atoms with Gasteiger partial charge in [-0.3, -0.25) is 9.69 Å². The summed E-state index contributed by atoms with van der Waals surface area (Å²) in [4.78, 5) is 31.3. The maximum Gasteiger partial charge on any atom is 0.321 e. The molecule has 158 valence electrons. The lowest BCUT2D eigenvalue weighted by molar-refractivity contribution is -0.139. The van der Waals surface area contributed by atoms with Crippen LogP contribution in [-0.4, -0.2) is 85.7 Å². The van der Waals surface area contributed by atoms with E-state index in [1.165, 1.54) is 6.07 Å². The first-order valence-electron chi connectivity index (χ1n) is 10.3. The molecule has 3 saturated heterocycles. The Morgan fingerprint density at radius 2 is 1.79 bits per heavy atom. The highest BCUT2D eigenvalue weighted by molar-refractivity contribution is 5.89. The maximum absolute atomic E-state index is 13.8. The number of likely N-dealkylation sites (tertiary alicyclic amines) is 2. The molecule has 1 aromatic rings. The number of piperidine rings is 1. The quantitative estimate of drug-likeness (QED) is 0.819. The number of ether oxygens (including phenoxy) is 1. The lowest BCUT2D eigenvalue weighted by atomic mass is 9.76. The molecule has 3 aliphatic heterocycles. The van der Waals surface area contributed by atoms with E-state index >= 15 is 0 Å². The number of amides is 3. The number of halogens is 1. The van der Waals surface area contributed by atoms with Gasteiger partial charge in [0.25, 0.3) is 0 Å². The molecule has 0 radical (unpaired) electrons. The van der Waals surface area contributed by atoms with Crippen molar-refractivity contribution in [1.29, 1.82) is 0 Å². The summed E-state index contributed by atoms with van der Waals surface area (Å²) in [5.41, 5.74) is 0.269. The third-order valence-electron chi connectivity index (χ3n) is 6.58. The smallest absolute Gasteiger partial charge is 0.321 e. The van der Waals surface area contributed by atoms with Crippen LogP contribution in [0.2, 0.25) is 0 Å². The Kier molecular flexibility index (Phi) is 5.74. The van der Waals surface area contributed by atoms with Crippen molar-refractivity contribution in [3.8, 4) is 0 Å². The summed E-state index contributed by atoms with van der Waals surface area (Å²) in [5, 5.41) is 2.67. The average Bonchev–Trinajstić information content (AvgIpc) is 3.06. The van der Waals surface area contributed by atoms with Crippen molar-refractivity contribution >= 4 is 17.6 Å². The predicted octanol–water partition coefficient (Wildman–Crippen LogP) is 2.00. The highest BCUT2D eigenvalue weighted by atomic mass is 19.1. The molecule has 3 aliphatic rings. The summed E-state index contributed by atoms with van der Waals surface area (Å²) in [6.45, 7) is 4.66. The molecular weight excluding hydrogens is 375 g/mol. The molecule has 4 rings (SSSR count). The zero-order chi connectivity index (χ0) is 20.4. The Hall–Kier alpha value is -2.19. The molecule has 1 unspecified atom stereocenters. The van der Waals surface area contributed by atoms with Crippen LogP contribution < -0.4 is 5.32 Å². The van der Waals surface area contributed by atoms with Crippen LogP contribution in [0.3, 0.4) is 0 Å².